The second-order valence-electron chi connectivity index (χ2n) is 6.00. The SMILES string of the molecule is CC(CNC(=O)COc1ccc2ccccc2c1Br)c1ccccc1. The number of halogens is 1. The molecule has 128 valence electrons. The lowest BCUT2D eigenvalue weighted by Crippen LogP contribution is -2.31. The van der Waals surface area contributed by atoms with E-state index in [2.05, 4.69) is 40.3 Å². The summed E-state index contributed by atoms with van der Waals surface area (Å²) < 4.78 is 6.56. The fourth-order valence-electron chi connectivity index (χ4n) is 2.69. The van der Waals surface area contributed by atoms with Gasteiger partial charge in [0, 0.05) is 6.54 Å². The van der Waals surface area contributed by atoms with Crippen LogP contribution < -0.4 is 10.1 Å². The molecule has 3 aromatic carbocycles. The third-order valence-corrected chi connectivity index (χ3v) is 4.98. The molecule has 1 unspecified atom stereocenters. The largest absolute Gasteiger partial charge is 0.483 e. The number of hydrogen-bond acceptors (Lipinski definition) is 2. The van der Waals surface area contributed by atoms with Gasteiger partial charge in [0.25, 0.3) is 5.91 Å². The lowest BCUT2D eigenvalue weighted by molar-refractivity contribution is -0.123. The number of hydrogen-bond donors (Lipinski definition) is 1. The molecular formula is C21H20BrNO2. The van der Waals surface area contributed by atoms with Gasteiger partial charge < -0.3 is 10.1 Å². The van der Waals surface area contributed by atoms with Crippen molar-refractivity contribution in [3.63, 3.8) is 0 Å². The molecule has 0 spiro atoms. The normalized spacial score (nSPS) is 11.9. The maximum atomic E-state index is 12.1. The molecule has 1 amide bonds. The van der Waals surface area contributed by atoms with E-state index in [1.165, 1.54) is 5.56 Å². The molecule has 4 heteroatoms. The molecule has 3 nitrogen and oxygen atoms in total. The zero-order chi connectivity index (χ0) is 17.6. The number of carbonyl (C=O) groups is 1. The summed E-state index contributed by atoms with van der Waals surface area (Å²) in [5.41, 5.74) is 1.21. The average molecular weight is 398 g/mol. The molecule has 0 aromatic heterocycles. The third kappa shape index (κ3) is 4.40. The Bertz CT molecular complexity index is 864. The number of nitrogens with one attached hydrogen (secondary N) is 1. The Morgan fingerprint density at radius 3 is 2.56 bits per heavy atom. The predicted molar refractivity (Wildman–Crippen MR) is 105 cm³/mol. The Kier molecular flexibility index (Phi) is 5.71. The monoisotopic (exact) mass is 397 g/mol. The Hall–Kier alpha value is -2.33. The molecule has 0 aliphatic heterocycles. The summed E-state index contributed by atoms with van der Waals surface area (Å²) in [5.74, 6) is 0.811. The van der Waals surface area contributed by atoms with Gasteiger partial charge in [-0.05, 0) is 44.3 Å². The van der Waals surface area contributed by atoms with Gasteiger partial charge >= 0.3 is 0 Å². The van der Waals surface area contributed by atoms with Gasteiger partial charge in [0.05, 0.1) is 4.47 Å². The second-order valence-corrected chi connectivity index (χ2v) is 6.80. The topological polar surface area (TPSA) is 38.3 Å². The minimum atomic E-state index is -0.122. The fraction of sp³-hybridized carbons (Fsp3) is 0.190. The number of carbonyl (C=O) groups excluding carboxylic acids is 1. The lowest BCUT2D eigenvalue weighted by Gasteiger charge is -2.14. The molecule has 25 heavy (non-hydrogen) atoms. The van der Waals surface area contributed by atoms with E-state index in [0.29, 0.717) is 12.3 Å². The molecule has 1 atom stereocenters. The van der Waals surface area contributed by atoms with Gasteiger partial charge in [-0.25, -0.2) is 0 Å². The van der Waals surface area contributed by atoms with Crippen LogP contribution >= 0.6 is 15.9 Å². The van der Waals surface area contributed by atoms with Crippen molar-refractivity contribution in [1.82, 2.24) is 5.32 Å². The van der Waals surface area contributed by atoms with E-state index in [-0.39, 0.29) is 18.4 Å². The van der Waals surface area contributed by atoms with Crippen molar-refractivity contribution in [2.75, 3.05) is 13.2 Å². The van der Waals surface area contributed by atoms with Gasteiger partial charge in [0.2, 0.25) is 0 Å². The highest BCUT2D eigenvalue weighted by Gasteiger charge is 2.10. The lowest BCUT2D eigenvalue weighted by atomic mass is 10.0. The molecule has 1 N–H and O–H groups in total. The standard InChI is InChI=1S/C21H20BrNO2/c1-15(16-7-3-2-4-8-16)13-23-20(24)14-25-19-12-11-17-9-5-6-10-18(17)21(19)22/h2-12,15H,13-14H2,1H3,(H,23,24). The third-order valence-electron chi connectivity index (χ3n) is 4.16. The van der Waals surface area contributed by atoms with Gasteiger partial charge in [0.15, 0.2) is 6.61 Å². The maximum absolute atomic E-state index is 12.1. The van der Waals surface area contributed by atoms with Gasteiger partial charge in [-0.15, -0.1) is 0 Å². The van der Waals surface area contributed by atoms with E-state index in [1.807, 2.05) is 54.6 Å². The van der Waals surface area contributed by atoms with Crippen LogP contribution in [0.4, 0.5) is 0 Å². The van der Waals surface area contributed by atoms with Crippen LogP contribution in [0.2, 0.25) is 0 Å². The molecule has 0 aliphatic carbocycles. The molecule has 3 aromatic rings. The van der Waals surface area contributed by atoms with Crippen molar-refractivity contribution in [2.24, 2.45) is 0 Å². The van der Waals surface area contributed by atoms with E-state index in [1.54, 1.807) is 0 Å². The minimum Gasteiger partial charge on any atom is -0.483 e. The summed E-state index contributed by atoms with van der Waals surface area (Å²) in [6.45, 7) is 2.68. The van der Waals surface area contributed by atoms with Gasteiger partial charge in [-0.1, -0.05) is 67.6 Å². The summed E-state index contributed by atoms with van der Waals surface area (Å²) in [6.07, 6.45) is 0. The van der Waals surface area contributed by atoms with Gasteiger partial charge in [0.1, 0.15) is 5.75 Å². The Morgan fingerprint density at radius 2 is 1.76 bits per heavy atom. The molecule has 0 fully saturated rings. The molecule has 0 heterocycles. The summed E-state index contributed by atoms with van der Waals surface area (Å²) >= 11 is 3.57. The van der Waals surface area contributed by atoms with Crippen LogP contribution in [0.25, 0.3) is 10.8 Å². The first-order valence-electron chi connectivity index (χ1n) is 8.27. The van der Waals surface area contributed by atoms with Crippen LogP contribution in [0.15, 0.2) is 71.2 Å². The van der Waals surface area contributed by atoms with Crippen LogP contribution in [-0.4, -0.2) is 19.1 Å². The van der Waals surface area contributed by atoms with E-state index in [9.17, 15) is 4.79 Å². The minimum absolute atomic E-state index is 0.00154. The maximum Gasteiger partial charge on any atom is 0.257 e. The van der Waals surface area contributed by atoms with E-state index in [0.717, 1.165) is 15.2 Å². The first-order valence-corrected chi connectivity index (χ1v) is 9.06. The van der Waals surface area contributed by atoms with E-state index in [4.69, 9.17) is 4.74 Å². The van der Waals surface area contributed by atoms with Gasteiger partial charge in [-0.2, -0.15) is 0 Å². The van der Waals surface area contributed by atoms with Crippen LogP contribution in [0.3, 0.4) is 0 Å². The predicted octanol–water partition coefficient (Wildman–Crippen LogP) is 4.90. The van der Waals surface area contributed by atoms with Crippen molar-refractivity contribution in [2.45, 2.75) is 12.8 Å². The molecule has 0 saturated carbocycles. The molecule has 0 radical (unpaired) electrons. The molecule has 0 aliphatic rings. The molecule has 3 rings (SSSR count). The number of ether oxygens (including phenoxy) is 1. The smallest absolute Gasteiger partial charge is 0.257 e. The van der Waals surface area contributed by atoms with E-state index < -0.39 is 0 Å². The molecule has 0 saturated heterocycles. The first-order chi connectivity index (χ1) is 12.1. The highest BCUT2D eigenvalue weighted by atomic mass is 79.9. The van der Waals surface area contributed by atoms with E-state index >= 15 is 0 Å². The van der Waals surface area contributed by atoms with Crippen LogP contribution in [0.1, 0.15) is 18.4 Å². The zero-order valence-corrected chi connectivity index (χ0v) is 15.6. The van der Waals surface area contributed by atoms with Crippen molar-refractivity contribution in [1.29, 1.82) is 0 Å². The van der Waals surface area contributed by atoms with Crippen molar-refractivity contribution in [3.05, 3.63) is 76.8 Å². The summed E-state index contributed by atoms with van der Waals surface area (Å²) in [5, 5.41) is 5.12. The van der Waals surface area contributed by atoms with Crippen molar-refractivity contribution < 1.29 is 9.53 Å². The highest BCUT2D eigenvalue weighted by molar-refractivity contribution is 9.10. The summed E-state index contributed by atoms with van der Waals surface area (Å²) in [4.78, 5) is 12.1. The van der Waals surface area contributed by atoms with Crippen LogP contribution in [0.5, 0.6) is 5.75 Å². The first kappa shape index (κ1) is 17.5. The van der Waals surface area contributed by atoms with Crippen LogP contribution in [0, 0.1) is 0 Å². The van der Waals surface area contributed by atoms with Crippen LogP contribution in [-0.2, 0) is 4.79 Å². The Labute approximate surface area is 156 Å². The highest BCUT2D eigenvalue weighted by Crippen LogP contribution is 2.32. The zero-order valence-electron chi connectivity index (χ0n) is 14.0. The number of fused-ring (bicyclic) bond motifs is 1. The molecular weight excluding hydrogens is 378 g/mol. The van der Waals surface area contributed by atoms with Gasteiger partial charge in [-0.3, -0.25) is 4.79 Å². The van der Waals surface area contributed by atoms with Crippen molar-refractivity contribution in [3.8, 4) is 5.75 Å². The number of rotatable bonds is 6. The summed E-state index contributed by atoms with van der Waals surface area (Å²) in [6, 6.07) is 22.1. The fourth-order valence-corrected chi connectivity index (χ4v) is 3.29. The average Bonchev–Trinajstić information content (AvgIpc) is 2.66. The van der Waals surface area contributed by atoms with Crippen molar-refractivity contribution >= 4 is 32.6 Å². The molecule has 0 bridgehead atoms. The summed E-state index contributed by atoms with van der Waals surface area (Å²) in [7, 11) is 0. The quantitative estimate of drug-likeness (QED) is 0.642. The second kappa shape index (κ2) is 8.17. The number of benzene rings is 3. The Balaban J connectivity index is 1.55. The Morgan fingerprint density at radius 1 is 1.04 bits per heavy atom. The number of amides is 1.